The highest BCUT2D eigenvalue weighted by Crippen LogP contribution is 2.31. The summed E-state index contributed by atoms with van der Waals surface area (Å²) in [7, 11) is 0. The molecule has 0 bridgehead atoms. The zero-order valence-corrected chi connectivity index (χ0v) is 12.8. The van der Waals surface area contributed by atoms with Crippen LogP contribution in [0.3, 0.4) is 0 Å². The number of thiocarbonyl (C=S) groups is 1. The average molecular weight is 288 g/mol. The highest BCUT2D eigenvalue weighted by molar-refractivity contribution is 7.80. The Labute approximate surface area is 120 Å². The first-order valence-electron chi connectivity index (χ1n) is 6.64. The predicted octanol–water partition coefficient (Wildman–Crippen LogP) is 1.00. The lowest BCUT2D eigenvalue weighted by molar-refractivity contribution is -0.133. The fourth-order valence-electron chi connectivity index (χ4n) is 2.21. The summed E-state index contributed by atoms with van der Waals surface area (Å²) in [6.45, 7) is 7.88. The standard InChI is InChI=1S/C13H24N2O3S/c1-4-18-12(2,3)9-15-11(16)13(10(14)19)5-7-17-8-6-13/h4-9H2,1-3H3,(H2,14,19)(H,15,16). The van der Waals surface area contributed by atoms with Crippen LogP contribution in [0, 0.1) is 5.41 Å². The summed E-state index contributed by atoms with van der Waals surface area (Å²) in [6.07, 6.45) is 1.09. The topological polar surface area (TPSA) is 73.6 Å². The number of rotatable bonds is 6. The van der Waals surface area contributed by atoms with Gasteiger partial charge in [0, 0.05) is 26.4 Å². The Morgan fingerprint density at radius 1 is 1.47 bits per heavy atom. The van der Waals surface area contributed by atoms with E-state index in [-0.39, 0.29) is 10.9 Å². The Kier molecular flexibility index (Phi) is 5.70. The van der Waals surface area contributed by atoms with Gasteiger partial charge in [0.1, 0.15) is 5.41 Å². The number of carbonyl (C=O) groups is 1. The Hall–Kier alpha value is -0.720. The maximum atomic E-state index is 12.4. The second kappa shape index (κ2) is 6.63. The van der Waals surface area contributed by atoms with Crippen molar-refractivity contribution < 1.29 is 14.3 Å². The fourth-order valence-corrected chi connectivity index (χ4v) is 2.51. The number of carbonyl (C=O) groups excluding carboxylic acids is 1. The maximum Gasteiger partial charge on any atom is 0.233 e. The Balaban J connectivity index is 2.66. The second-order valence-electron chi connectivity index (χ2n) is 5.43. The van der Waals surface area contributed by atoms with E-state index in [0.717, 1.165) is 0 Å². The van der Waals surface area contributed by atoms with Gasteiger partial charge in [0.25, 0.3) is 0 Å². The van der Waals surface area contributed by atoms with Crippen LogP contribution in [0.4, 0.5) is 0 Å². The van der Waals surface area contributed by atoms with Crippen LogP contribution in [0.15, 0.2) is 0 Å². The molecule has 0 aromatic carbocycles. The van der Waals surface area contributed by atoms with E-state index in [2.05, 4.69) is 5.32 Å². The molecule has 1 heterocycles. The Morgan fingerprint density at radius 2 is 2.05 bits per heavy atom. The number of hydrogen-bond donors (Lipinski definition) is 2. The lowest BCUT2D eigenvalue weighted by Crippen LogP contribution is -2.54. The molecule has 1 amide bonds. The van der Waals surface area contributed by atoms with Crippen molar-refractivity contribution in [2.45, 2.75) is 39.2 Å². The van der Waals surface area contributed by atoms with Gasteiger partial charge in [-0.2, -0.15) is 0 Å². The van der Waals surface area contributed by atoms with Crippen LogP contribution in [0.1, 0.15) is 33.6 Å². The van der Waals surface area contributed by atoms with Gasteiger partial charge in [-0.3, -0.25) is 4.79 Å². The van der Waals surface area contributed by atoms with Crippen LogP contribution in [0.2, 0.25) is 0 Å². The number of ether oxygens (including phenoxy) is 2. The largest absolute Gasteiger partial charge is 0.392 e. The third-order valence-electron chi connectivity index (χ3n) is 3.46. The van der Waals surface area contributed by atoms with Crippen LogP contribution in [-0.2, 0) is 14.3 Å². The smallest absolute Gasteiger partial charge is 0.233 e. The molecule has 0 aliphatic carbocycles. The minimum atomic E-state index is -0.768. The maximum absolute atomic E-state index is 12.4. The van der Waals surface area contributed by atoms with Crippen LogP contribution in [0.25, 0.3) is 0 Å². The van der Waals surface area contributed by atoms with E-state index in [9.17, 15) is 4.79 Å². The molecule has 19 heavy (non-hydrogen) atoms. The van der Waals surface area contributed by atoms with E-state index < -0.39 is 11.0 Å². The molecule has 1 fully saturated rings. The van der Waals surface area contributed by atoms with Crippen molar-refractivity contribution >= 4 is 23.1 Å². The molecule has 6 heteroatoms. The van der Waals surface area contributed by atoms with E-state index in [1.165, 1.54) is 0 Å². The normalized spacial score (nSPS) is 18.9. The quantitative estimate of drug-likeness (QED) is 0.713. The second-order valence-corrected chi connectivity index (χ2v) is 5.87. The molecule has 1 aliphatic rings. The first-order valence-corrected chi connectivity index (χ1v) is 7.05. The van der Waals surface area contributed by atoms with Crippen LogP contribution in [-0.4, -0.2) is 42.9 Å². The third-order valence-corrected chi connectivity index (χ3v) is 3.85. The summed E-state index contributed by atoms with van der Waals surface area (Å²) >= 11 is 5.09. The Morgan fingerprint density at radius 3 is 2.53 bits per heavy atom. The molecule has 110 valence electrons. The van der Waals surface area contributed by atoms with Crippen molar-refractivity contribution in [2.24, 2.45) is 11.1 Å². The first-order chi connectivity index (χ1) is 8.84. The number of nitrogens with one attached hydrogen (secondary N) is 1. The number of hydrogen-bond acceptors (Lipinski definition) is 4. The monoisotopic (exact) mass is 288 g/mol. The molecule has 0 saturated carbocycles. The van der Waals surface area contributed by atoms with Crippen molar-refractivity contribution in [3.05, 3.63) is 0 Å². The van der Waals surface area contributed by atoms with Crippen LogP contribution in [0.5, 0.6) is 0 Å². The van der Waals surface area contributed by atoms with Gasteiger partial charge in [0.05, 0.1) is 10.6 Å². The predicted molar refractivity (Wildman–Crippen MR) is 78.0 cm³/mol. The minimum Gasteiger partial charge on any atom is -0.392 e. The molecule has 0 spiro atoms. The number of amides is 1. The highest BCUT2D eigenvalue weighted by atomic mass is 32.1. The number of nitrogens with two attached hydrogens (primary N) is 1. The highest BCUT2D eigenvalue weighted by Gasteiger charge is 2.43. The molecule has 0 aromatic heterocycles. The summed E-state index contributed by atoms with van der Waals surface area (Å²) < 4.78 is 10.8. The van der Waals surface area contributed by atoms with Crippen LogP contribution >= 0.6 is 12.2 Å². The molecule has 3 N–H and O–H groups in total. The van der Waals surface area contributed by atoms with E-state index in [1.807, 2.05) is 20.8 Å². The lowest BCUT2D eigenvalue weighted by Gasteiger charge is -2.36. The van der Waals surface area contributed by atoms with Gasteiger partial charge < -0.3 is 20.5 Å². The van der Waals surface area contributed by atoms with Crippen molar-refractivity contribution in [3.8, 4) is 0 Å². The molecule has 1 saturated heterocycles. The molecular formula is C13H24N2O3S. The summed E-state index contributed by atoms with van der Waals surface area (Å²) in [5, 5.41) is 2.91. The van der Waals surface area contributed by atoms with Crippen molar-refractivity contribution in [2.75, 3.05) is 26.4 Å². The molecule has 0 unspecified atom stereocenters. The van der Waals surface area contributed by atoms with Gasteiger partial charge in [0.2, 0.25) is 5.91 Å². The van der Waals surface area contributed by atoms with E-state index in [4.69, 9.17) is 27.4 Å². The van der Waals surface area contributed by atoms with E-state index in [1.54, 1.807) is 0 Å². The van der Waals surface area contributed by atoms with Crippen molar-refractivity contribution in [3.63, 3.8) is 0 Å². The molecule has 1 rings (SSSR count). The van der Waals surface area contributed by atoms with Crippen molar-refractivity contribution in [1.29, 1.82) is 0 Å². The molecule has 5 nitrogen and oxygen atoms in total. The third kappa shape index (κ3) is 4.12. The molecule has 0 radical (unpaired) electrons. The zero-order valence-electron chi connectivity index (χ0n) is 12.0. The summed E-state index contributed by atoms with van der Waals surface area (Å²) in [5.41, 5.74) is 4.62. The molecule has 0 aromatic rings. The van der Waals surface area contributed by atoms with Gasteiger partial charge in [-0.25, -0.2) is 0 Å². The van der Waals surface area contributed by atoms with E-state index >= 15 is 0 Å². The summed E-state index contributed by atoms with van der Waals surface area (Å²) in [5.74, 6) is -0.115. The molecule has 0 atom stereocenters. The summed E-state index contributed by atoms with van der Waals surface area (Å²) in [6, 6.07) is 0. The fraction of sp³-hybridized carbons (Fsp3) is 0.846. The Bertz CT molecular complexity index is 339. The SMILES string of the molecule is CCOC(C)(C)CNC(=O)C1(C(N)=S)CCOCC1. The summed E-state index contributed by atoms with van der Waals surface area (Å²) in [4.78, 5) is 12.7. The van der Waals surface area contributed by atoms with Gasteiger partial charge in [-0.1, -0.05) is 12.2 Å². The van der Waals surface area contributed by atoms with Gasteiger partial charge in [-0.05, 0) is 33.6 Å². The van der Waals surface area contributed by atoms with Gasteiger partial charge in [-0.15, -0.1) is 0 Å². The van der Waals surface area contributed by atoms with Crippen molar-refractivity contribution in [1.82, 2.24) is 5.32 Å². The van der Waals surface area contributed by atoms with E-state index in [0.29, 0.717) is 39.2 Å². The average Bonchev–Trinajstić information content (AvgIpc) is 2.36. The minimum absolute atomic E-state index is 0.115. The van der Waals surface area contributed by atoms with Crippen LogP contribution < -0.4 is 11.1 Å². The van der Waals surface area contributed by atoms with Gasteiger partial charge >= 0.3 is 0 Å². The molecular weight excluding hydrogens is 264 g/mol. The zero-order chi connectivity index (χ0) is 14.5. The van der Waals surface area contributed by atoms with Gasteiger partial charge in [0.15, 0.2) is 0 Å². The lowest BCUT2D eigenvalue weighted by atomic mass is 9.79. The molecule has 1 aliphatic heterocycles. The first kappa shape index (κ1) is 16.3.